The molecule has 0 amide bonds. The normalized spacial score (nSPS) is 18.5. The number of benzene rings is 2. The minimum Gasteiger partial charge on any atom is -0.461 e. The number of rotatable bonds is 4. The van der Waals surface area contributed by atoms with Gasteiger partial charge in [-0.25, -0.2) is 0 Å². The van der Waals surface area contributed by atoms with Crippen LogP contribution in [-0.2, 0) is 33.9 Å². The maximum atomic E-state index is 14.3. The predicted octanol–water partition coefficient (Wildman–Crippen LogP) is 6.35. The van der Waals surface area contributed by atoms with Crippen molar-refractivity contribution in [3.05, 3.63) is 69.8 Å². The second kappa shape index (κ2) is 9.15. The Morgan fingerprint density at radius 1 is 1.00 bits per heavy atom. The van der Waals surface area contributed by atoms with Crippen LogP contribution in [0, 0.1) is 11.3 Å². The molecule has 0 bridgehead atoms. The molecule has 1 aliphatic heterocycles. The third kappa shape index (κ3) is 5.32. The van der Waals surface area contributed by atoms with Gasteiger partial charge >= 0.3 is 24.5 Å². The second-order valence-corrected chi connectivity index (χ2v) is 8.08. The van der Waals surface area contributed by atoms with Gasteiger partial charge in [-0.2, -0.15) is 44.8 Å². The highest BCUT2D eigenvalue weighted by molar-refractivity contribution is 6.03. The highest BCUT2D eigenvalue weighted by atomic mass is 19.4. The van der Waals surface area contributed by atoms with E-state index >= 15 is 0 Å². The zero-order valence-electron chi connectivity index (χ0n) is 18.2. The Balaban J connectivity index is 2.08. The van der Waals surface area contributed by atoms with E-state index in [0.29, 0.717) is 0 Å². The molecule has 4 nitrogen and oxygen atoms in total. The van der Waals surface area contributed by atoms with Crippen molar-refractivity contribution in [3.8, 4) is 6.07 Å². The van der Waals surface area contributed by atoms with Gasteiger partial charge in [0, 0.05) is 24.6 Å². The van der Waals surface area contributed by atoms with Crippen molar-refractivity contribution in [2.75, 3.05) is 6.54 Å². The van der Waals surface area contributed by atoms with Crippen molar-refractivity contribution in [1.82, 2.24) is 0 Å². The number of esters is 1. The van der Waals surface area contributed by atoms with E-state index in [1.54, 1.807) is 6.07 Å². The molecular formula is C23H15F9N2O2. The highest BCUT2D eigenvalue weighted by Gasteiger charge is 2.59. The molecule has 0 radical (unpaired) electrons. The molecule has 0 fully saturated rings. The Morgan fingerprint density at radius 2 is 1.58 bits per heavy atom. The van der Waals surface area contributed by atoms with Gasteiger partial charge in [-0.15, -0.1) is 0 Å². The molecule has 1 unspecified atom stereocenters. The fraction of sp³-hybridized carbons (Fsp3) is 0.348. The van der Waals surface area contributed by atoms with Gasteiger partial charge in [-0.05, 0) is 35.4 Å². The van der Waals surface area contributed by atoms with Crippen LogP contribution in [0.4, 0.5) is 39.5 Å². The summed E-state index contributed by atoms with van der Waals surface area (Å²) in [5, 5.41) is 9.35. The highest BCUT2D eigenvalue weighted by Crippen LogP contribution is 2.50. The maximum absolute atomic E-state index is 14.3. The monoisotopic (exact) mass is 522 g/mol. The number of ether oxygens (including phenoxy) is 1. The van der Waals surface area contributed by atoms with E-state index in [2.05, 4.69) is 4.99 Å². The molecule has 36 heavy (non-hydrogen) atoms. The molecule has 1 aliphatic rings. The van der Waals surface area contributed by atoms with Crippen molar-refractivity contribution in [3.63, 3.8) is 0 Å². The van der Waals surface area contributed by atoms with E-state index in [4.69, 9.17) is 4.74 Å². The smallest absolute Gasteiger partial charge is 0.416 e. The summed E-state index contributed by atoms with van der Waals surface area (Å²) in [6.45, 7) is -0.314. The molecule has 0 saturated carbocycles. The molecule has 1 atom stereocenters. The van der Waals surface area contributed by atoms with Gasteiger partial charge in [0.1, 0.15) is 12.0 Å². The van der Waals surface area contributed by atoms with E-state index in [0.717, 1.165) is 13.0 Å². The summed E-state index contributed by atoms with van der Waals surface area (Å²) in [5.41, 5.74) is -8.17. The van der Waals surface area contributed by atoms with Crippen molar-refractivity contribution >= 4 is 11.7 Å². The van der Waals surface area contributed by atoms with Crippen LogP contribution in [0.15, 0.2) is 41.4 Å². The van der Waals surface area contributed by atoms with Gasteiger partial charge in [0.15, 0.2) is 0 Å². The summed E-state index contributed by atoms with van der Waals surface area (Å²) in [4.78, 5) is 14.8. The number of aliphatic imine (C=N–C) groups is 1. The van der Waals surface area contributed by atoms with E-state index in [-0.39, 0.29) is 47.2 Å². The van der Waals surface area contributed by atoms with Crippen LogP contribution in [0.5, 0.6) is 0 Å². The van der Waals surface area contributed by atoms with E-state index in [1.165, 1.54) is 12.1 Å². The van der Waals surface area contributed by atoms with Crippen LogP contribution in [0.3, 0.4) is 0 Å². The van der Waals surface area contributed by atoms with Crippen molar-refractivity contribution in [2.45, 2.75) is 43.9 Å². The third-order valence-electron chi connectivity index (χ3n) is 5.69. The summed E-state index contributed by atoms with van der Waals surface area (Å²) in [6, 6.07) is 5.41. The molecular weight excluding hydrogens is 507 g/mol. The average Bonchev–Trinajstić information content (AvgIpc) is 3.23. The lowest BCUT2D eigenvalue weighted by molar-refractivity contribution is -0.184. The number of carbonyl (C=O) groups is 1. The minimum atomic E-state index is -5.33. The molecule has 0 spiro atoms. The van der Waals surface area contributed by atoms with Crippen LogP contribution < -0.4 is 0 Å². The van der Waals surface area contributed by atoms with Gasteiger partial charge in [0.25, 0.3) is 0 Å². The lowest BCUT2D eigenvalue weighted by Crippen LogP contribution is -2.44. The lowest BCUT2D eigenvalue weighted by atomic mass is 9.75. The Kier molecular flexibility index (Phi) is 6.87. The van der Waals surface area contributed by atoms with Gasteiger partial charge < -0.3 is 4.74 Å². The van der Waals surface area contributed by atoms with Crippen molar-refractivity contribution in [1.29, 1.82) is 5.26 Å². The van der Waals surface area contributed by atoms with Crippen LogP contribution in [0.1, 0.15) is 46.7 Å². The third-order valence-corrected chi connectivity index (χ3v) is 5.69. The zero-order chi connectivity index (χ0) is 27.1. The molecule has 13 heteroatoms. The van der Waals surface area contributed by atoms with Crippen molar-refractivity contribution in [2.24, 2.45) is 4.99 Å². The van der Waals surface area contributed by atoms with E-state index in [1.807, 2.05) is 0 Å². The molecule has 192 valence electrons. The Morgan fingerprint density at radius 3 is 2.06 bits per heavy atom. The number of carbonyl (C=O) groups excluding carboxylic acids is 1. The van der Waals surface area contributed by atoms with Crippen LogP contribution in [0.25, 0.3) is 0 Å². The number of alkyl halides is 9. The van der Waals surface area contributed by atoms with Crippen molar-refractivity contribution < 1.29 is 49.0 Å². The predicted molar refractivity (Wildman–Crippen MR) is 107 cm³/mol. The van der Waals surface area contributed by atoms with Crippen LogP contribution in [0.2, 0.25) is 0 Å². The first-order valence-electron chi connectivity index (χ1n) is 10.0. The number of hydrogen-bond donors (Lipinski definition) is 0. The molecule has 0 aromatic heterocycles. The fourth-order valence-electron chi connectivity index (χ4n) is 3.76. The number of nitrogens with zero attached hydrogens (tertiary/aromatic N) is 2. The van der Waals surface area contributed by atoms with Crippen LogP contribution >= 0.6 is 0 Å². The second-order valence-electron chi connectivity index (χ2n) is 8.08. The quantitative estimate of drug-likeness (QED) is 0.347. The largest absolute Gasteiger partial charge is 0.461 e. The summed E-state index contributed by atoms with van der Waals surface area (Å²) < 4.78 is 127. The zero-order valence-corrected chi connectivity index (χ0v) is 18.2. The first-order valence-corrected chi connectivity index (χ1v) is 10.0. The fourth-order valence-corrected chi connectivity index (χ4v) is 3.76. The first kappa shape index (κ1) is 27.0. The summed E-state index contributed by atoms with van der Waals surface area (Å²) >= 11 is 0. The number of hydrogen-bond acceptors (Lipinski definition) is 4. The lowest BCUT2D eigenvalue weighted by Gasteiger charge is -2.32. The Bertz CT molecular complexity index is 1220. The molecule has 0 aliphatic carbocycles. The van der Waals surface area contributed by atoms with Gasteiger partial charge in [0.2, 0.25) is 0 Å². The van der Waals surface area contributed by atoms with E-state index in [9.17, 15) is 49.6 Å². The standard InChI is InChI=1S/C23H15F9N2O2/c1-12(35)36-10-14-3-2-13(4-15(14)9-33)19-8-20(11-34-19,23(30,31)32)16-5-17(21(24,25)26)7-18(6-16)22(27,28)29/h2-7H,8,10-11H2,1H3. The molecule has 0 N–H and O–H groups in total. The average molecular weight is 522 g/mol. The molecule has 3 rings (SSSR count). The number of nitriles is 1. The molecule has 2 aromatic rings. The molecule has 0 saturated heterocycles. The maximum Gasteiger partial charge on any atom is 0.416 e. The summed E-state index contributed by atoms with van der Waals surface area (Å²) in [7, 11) is 0. The van der Waals surface area contributed by atoms with Gasteiger partial charge in [-0.3, -0.25) is 9.79 Å². The Hall–Kier alpha value is -3.56. The molecule has 2 aromatic carbocycles. The Labute approximate surface area is 198 Å². The van der Waals surface area contributed by atoms with Crippen LogP contribution in [-0.4, -0.2) is 24.4 Å². The summed E-state index contributed by atoms with van der Waals surface area (Å²) in [5.74, 6) is -0.641. The van der Waals surface area contributed by atoms with Gasteiger partial charge in [-0.1, -0.05) is 12.1 Å². The molecule has 1 heterocycles. The topological polar surface area (TPSA) is 62.4 Å². The van der Waals surface area contributed by atoms with Gasteiger partial charge in [0.05, 0.1) is 29.3 Å². The van der Waals surface area contributed by atoms with E-state index < -0.39 is 59.6 Å². The minimum absolute atomic E-state index is 0.0206. The SMILES string of the molecule is CC(=O)OCc1ccc(C2=NCC(c3cc(C(F)(F)F)cc(C(F)(F)F)c3)(C(F)(F)F)C2)cc1C#N. The number of halogens is 9. The first-order chi connectivity index (χ1) is 16.5. The summed E-state index contributed by atoms with van der Waals surface area (Å²) in [6.07, 6.45) is -17.0.